The van der Waals surface area contributed by atoms with Crippen LogP contribution in [0.1, 0.15) is 38.6 Å². The monoisotopic (exact) mass is 183 g/mol. The predicted octanol–water partition coefficient (Wildman–Crippen LogP) is 0.845. The second kappa shape index (κ2) is 3.89. The molecule has 0 bridgehead atoms. The van der Waals surface area contributed by atoms with Gasteiger partial charge in [0, 0.05) is 18.3 Å². The Kier molecular flexibility index (Phi) is 3.06. The fourth-order valence-corrected chi connectivity index (χ4v) is 1.26. The lowest BCUT2D eigenvalue weighted by Crippen LogP contribution is -2.27. The molecule has 3 N–H and O–H groups in total. The Morgan fingerprint density at radius 2 is 2.08 bits per heavy atom. The average molecular weight is 183 g/mol. The first kappa shape index (κ1) is 10.2. The van der Waals surface area contributed by atoms with Crippen LogP contribution >= 0.6 is 0 Å². The standard InChI is InChI=1S/C9H17N3O/c1-6(2)12-8(4-5-11-12)9(13)7(3)10/h4-7,9,13H,10H2,1-3H3. The number of nitrogens with zero attached hydrogens (tertiary/aromatic N) is 2. The maximum Gasteiger partial charge on any atom is 0.110 e. The highest BCUT2D eigenvalue weighted by Gasteiger charge is 2.17. The van der Waals surface area contributed by atoms with Gasteiger partial charge in [-0.3, -0.25) is 4.68 Å². The van der Waals surface area contributed by atoms with E-state index >= 15 is 0 Å². The van der Waals surface area contributed by atoms with Crippen molar-refractivity contribution in [3.8, 4) is 0 Å². The fraction of sp³-hybridized carbons (Fsp3) is 0.667. The molecule has 1 heterocycles. The quantitative estimate of drug-likeness (QED) is 0.730. The van der Waals surface area contributed by atoms with Gasteiger partial charge in [-0.1, -0.05) is 0 Å². The number of aliphatic hydroxyl groups excluding tert-OH is 1. The van der Waals surface area contributed by atoms with Gasteiger partial charge >= 0.3 is 0 Å². The van der Waals surface area contributed by atoms with E-state index in [9.17, 15) is 5.11 Å². The maximum atomic E-state index is 9.73. The lowest BCUT2D eigenvalue weighted by molar-refractivity contribution is 0.141. The molecule has 0 radical (unpaired) electrons. The molecule has 0 aliphatic carbocycles. The third kappa shape index (κ3) is 2.08. The van der Waals surface area contributed by atoms with Crippen LogP contribution in [0.2, 0.25) is 0 Å². The molecule has 0 saturated carbocycles. The van der Waals surface area contributed by atoms with Crippen molar-refractivity contribution in [1.29, 1.82) is 0 Å². The van der Waals surface area contributed by atoms with E-state index in [1.807, 2.05) is 13.8 Å². The minimum absolute atomic E-state index is 0.249. The first-order valence-corrected chi connectivity index (χ1v) is 4.51. The molecule has 2 unspecified atom stereocenters. The number of rotatable bonds is 3. The predicted molar refractivity (Wildman–Crippen MR) is 51.2 cm³/mol. The molecular formula is C9H17N3O. The Labute approximate surface area is 78.4 Å². The third-order valence-electron chi connectivity index (χ3n) is 1.99. The van der Waals surface area contributed by atoms with Gasteiger partial charge in [0.1, 0.15) is 6.10 Å². The minimum Gasteiger partial charge on any atom is -0.385 e. The number of hydrogen-bond donors (Lipinski definition) is 2. The summed E-state index contributed by atoms with van der Waals surface area (Å²) < 4.78 is 1.79. The molecule has 0 aliphatic heterocycles. The molecule has 0 aromatic carbocycles. The molecule has 1 rings (SSSR count). The van der Waals surface area contributed by atoms with Gasteiger partial charge in [-0.05, 0) is 26.8 Å². The molecule has 1 aromatic rings. The zero-order chi connectivity index (χ0) is 10.0. The van der Waals surface area contributed by atoms with E-state index in [-0.39, 0.29) is 12.1 Å². The van der Waals surface area contributed by atoms with Crippen molar-refractivity contribution < 1.29 is 5.11 Å². The highest BCUT2D eigenvalue weighted by molar-refractivity contribution is 5.07. The van der Waals surface area contributed by atoms with Gasteiger partial charge in [0.15, 0.2) is 0 Å². The summed E-state index contributed by atoms with van der Waals surface area (Å²) in [7, 11) is 0. The van der Waals surface area contributed by atoms with Crippen LogP contribution in [-0.2, 0) is 0 Å². The summed E-state index contributed by atoms with van der Waals surface area (Å²) in [5.74, 6) is 0. The van der Waals surface area contributed by atoms with Gasteiger partial charge in [-0.2, -0.15) is 5.10 Å². The summed E-state index contributed by atoms with van der Waals surface area (Å²) in [5.41, 5.74) is 6.39. The van der Waals surface area contributed by atoms with Crippen LogP contribution in [0.3, 0.4) is 0 Å². The second-order valence-electron chi connectivity index (χ2n) is 3.60. The lowest BCUT2D eigenvalue weighted by atomic mass is 10.1. The van der Waals surface area contributed by atoms with Gasteiger partial charge in [0.25, 0.3) is 0 Å². The zero-order valence-corrected chi connectivity index (χ0v) is 8.31. The Morgan fingerprint density at radius 1 is 1.46 bits per heavy atom. The van der Waals surface area contributed by atoms with Crippen molar-refractivity contribution in [3.05, 3.63) is 18.0 Å². The average Bonchev–Trinajstić information content (AvgIpc) is 2.50. The van der Waals surface area contributed by atoms with Crippen LogP contribution in [-0.4, -0.2) is 20.9 Å². The molecule has 0 fully saturated rings. The van der Waals surface area contributed by atoms with Gasteiger partial charge in [0.05, 0.1) is 5.69 Å². The third-order valence-corrected chi connectivity index (χ3v) is 1.99. The summed E-state index contributed by atoms with van der Waals surface area (Å²) in [4.78, 5) is 0. The largest absolute Gasteiger partial charge is 0.385 e. The first-order valence-electron chi connectivity index (χ1n) is 4.51. The van der Waals surface area contributed by atoms with Crippen molar-refractivity contribution in [2.75, 3.05) is 0 Å². The zero-order valence-electron chi connectivity index (χ0n) is 8.31. The van der Waals surface area contributed by atoms with Crippen LogP contribution in [0.5, 0.6) is 0 Å². The number of hydrogen-bond acceptors (Lipinski definition) is 3. The normalized spacial score (nSPS) is 16.2. The molecule has 13 heavy (non-hydrogen) atoms. The fourth-order valence-electron chi connectivity index (χ4n) is 1.26. The molecule has 2 atom stereocenters. The molecule has 4 heteroatoms. The Balaban J connectivity index is 2.93. The van der Waals surface area contributed by atoms with Crippen molar-refractivity contribution in [2.24, 2.45) is 5.73 Å². The summed E-state index contributed by atoms with van der Waals surface area (Å²) in [6.07, 6.45) is 1.05. The van der Waals surface area contributed by atoms with Crippen LogP contribution in [0.4, 0.5) is 0 Å². The SMILES string of the molecule is CC(N)C(O)c1ccnn1C(C)C. The number of aromatic nitrogens is 2. The van der Waals surface area contributed by atoms with Crippen LogP contribution in [0.15, 0.2) is 12.3 Å². The first-order chi connectivity index (χ1) is 6.04. The van der Waals surface area contributed by atoms with E-state index in [2.05, 4.69) is 5.10 Å². The van der Waals surface area contributed by atoms with Crippen molar-refractivity contribution >= 4 is 0 Å². The van der Waals surface area contributed by atoms with Gasteiger partial charge in [0.2, 0.25) is 0 Å². The summed E-state index contributed by atoms with van der Waals surface area (Å²) in [6, 6.07) is 1.78. The maximum absolute atomic E-state index is 9.73. The molecule has 0 aliphatic rings. The Morgan fingerprint density at radius 3 is 2.54 bits per heavy atom. The summed E-state index contributed by atoms with van der Waals surface area (Å²) in [6.45, 7) is 5.82. The minimum atomic E-state index is -0.634. The molecule has 0 spiro atoms. The van der Waals surface area contributed by atoms with Crippen LogP contribution < -0.4 is 5.73 Å². The highest BCUT2D eigenvalue weighted by Crippen LogP contribution is 2.18. The van der Waals surface area contributed by atoms with Crippen molar-refractivity contribution in [1.82, 2.24) is 9.78 Å². The lowest BCUT2D eigenvalue weighted by Gasteiger charge is -2.18. The van der Waals surface area contributed by atoms with Gasteiger partial charge in [-0.15, -0.1) is 0 Å². The van der Waals surface area contributed by atoms with Crippen LogP contribution in [0, 0.1) is 0 Å². The summed E-state index contributed by atoms with van der Waals surface area (Å²) >= 11 is 0. The molecule has 1 aromatic heterocycles. The van der Waals surface area contributed by atoms with Gasteiger partial charge < -0.3 is 10.8 Å². The molecule has 74 valence electrons. The van der Waals surface area contributed by atoms with E-state index in [1.54, 1.807) is 23.9 Å². The number of nitrogens with two attached hydrogens (primary N) is 1. The van der Waals surface area contributed by atoms with E-state index < -0.39 is 6.10 Å². The Bertz CT molecular complexity index is 268. The molecule has 4 nitrogen and oxygen atoms in total. The highest BCUT2D eigenvalue weighted by atomic mass is 16.3. The smallest absolute Gasteiger partial charge is 0.110 e. The van der Waals surface area contributed by atoms with E-state index in [0.717, 1.165) is 5.69 Å². The van der Waals surface area contributed by atoms with E-state index in [0.29, 0.717) is 0 Å². The van der Waals surface area contributed by atoms with E-state index in [4.69, 9.17) is 5.73 Å². The van der Waals surface area contributed by atoms with Crippen molar-refractivity contribution in [2.45, 2.75) is 39.0 Å². The molecule has 0 saturated heterocycles. The van der Waals surface area contributed by atoms with E-state index in [1.165, 1.54) is 0 Å². The molecular weight excluding hydrogens is 166 g/mol. The van der Waals surface area contributed by atoms with Crippen molar-refractivity contribution in [3.63, 3.8) is 0 Å². The molecule has 0 amide bonds. The summed E-state index contributed by atoms with van der Waals surface area (Å²) in [5, 5.41) is 13.9. The Hall–Kier alpha value is -0.870. The van der Waals surface area contributed by atoms with Crippen LogP contribution in [0.25, 0.3) is 0 Å². The topological polar surface area (TPSA) is 64.1 Å². The number of aliphatic hydroxyl groups is 1. The second-order valence-corrected chi connectivity index (χ2v) is 3.60. The van der Waals surface area contributed by atoms with Gasteiger partial charge in [-0.25, -0.2) is 0 Å².